The van der Waals surface area contributed by atoms with Gasteiger partial charge in [0.2, 0.25) is 0 Å². The molecule has 3 aliphatic rings. The van der Waals surface area contributed by atoms with Crippen molar-refractivity contribution in [2.45, 2.75) is 83.2 Å². The van der Waals surface area contributed by atoms with E-state index in [0.717, 1.165) is 38.9 Å². The third-order valence-corrected chi connectivity index (χ3v) is 7.07. The average Bonchev–Trinajstić information content (AvgIpc) is 3.11. The van der Waals surface area contributed by atoms with Gasteiger partial charge >= 0.3 is 12.0 Å². The first-order chi connectivity index (χ1) is 12.5. The molecule has 6 heteroatoms. The van der Waals surface area contributed by atoms with E-state index in [1.54, 1.807) is 0 Å². The lowest BCUT2D eigenvalue weighted by Crippen LogP contribution is -2.55. The molecule has 1 aliphatic heterocycles. The summed E-state index contributed by atoms with van der Waals surface area (Å²) in [6.45, 7) is 4.30. The Hall–Kier alpha value is -1.30. The number of aliphatic carboxylic acids is 1. The average molecular weight is 366 g/mol. The second-order valence-electron chi connectivity index (χ2n) is 8.49. The van der Waals surface area contributed by atoms with Gasteiger partial charge in [0.1, 0.15) is 0 Å². The van der Waals surface area contributed by atoms with Gasteiger partial charge in [-0.2, -0.15) is 0 Å². The molecule has 6 nitrogen and oxygen atoms in total. The highest BCUT2D eigenvalue weighted by atomic mass is 16.4. The lowest BCUT2D eigenvalue weighted by Gasteiger charge is -2.43. The van der Waals surface area contributed by atoms with Gasteiger partial charge in [-0.1, -0.05) is 32.6 Å². The first-order valence-corrected chi connectivity index (χ1v) is 10.6. The summed E-state index contributed by atoms with van der Waals surface area (Å²) in [5, 5.41) is 12.4. The van der Waals surface area contributed by atoms with Gasteiger partial charge in [-0.05, 0) is 50.5 Å². The molecule has 0 aromatic carbocycles. The minimum atomic E-state index is -0.772. The number of rotatable bonds is 5. The zero-order chi connectivity index (χ0) is 18.6. The summed E-state index contributed by atoms with van der Waals surface area (Å²) in [6, 6.07) is 0.724. The van der Waals surface area contributed by atoms with Gasteiger partial charge in [0.05, 0.1) is 6.54 Å². The molecule has 1 spiro atoms. The highest BCUT2D eigenvalue weighted by Gasteiger charge is 2.43. The molecule has 1 heterocycles. The number of hydrogen-bond donors (Lipinski definition) is 2. The summed E-state index contributed by atoms with van der Waals surface area (Å²) < 4.78 is 0. The largest absolute Gasteiger partial charge is 0.480 e. The second kappa shape index (κ2) is 8.59. The Morgan fingerprint density at radius 1 is 1.08 bits per heavy atom. The Bertz CT molecular complexity index is 497. The van der Waals surface area contributed by atoms with Crippen molar-refractivity contribution in [3.8, 4) is 0 Å². The van der Waals surface area contributed by atoms with Crippen LogP contribution < -0.4 is 5.32 Å². The normalized spacial score (nSPS) is 26.4. The molecule has 26 heavy (non-hydrogen) atoms. The van der Waals surface area contributed by atoms with Crippen molar-refractivity contribution in [3.63, 3.8) is 0 Å². The summed E-state index contributed by atoms with van der Waals surface area (Å²) in [5.41, 5.74) is 0.368. The topological polar surface area (TPSA) is 72.9 Å². The fraction of sp³-hybridized carbons (Fsp3) is 0.900. The van der Waals surface area contributed by atoms with E-state index in [0.29, 0.717) is 11.5 Å². The number of urea groups is 1. The number of nitrogens with zero attached hydrogens (tertiary/aromatic N) is 2. The van der Waals surface area contributed by atoms with Gasteiger partial charge in [-0.15, -0.1) is 0 Å². The number of amides is 2. The Labute approximate surface area is 157 Å². The van der Waals surface area contributed by atoms with Crippen LogP contribution in [0, 0.1) is 5.41 Å². The summed E-state index contributed by atoms with van der Waals surface area (Å²) in [5.74, 6) is -0.772. The van der Waals surface area contributed by atoms with Crippen molar-refractivity contribution >= 4 is 12.0 Å². The zero-order valence-corrected chi connectivity index (χ0v) is 16.2. The molecular weight excluding hydrogens is 330 g/mol. The number of piperidine rings is 1. The standard InChI is InChI=1S/C20H35N3O3/c1-2-22(15-18(24)25)16-8-13-23(14-9-16)19(26)21-17-7-3-4-10-20(17)11-5-6-12-20/h16-17H,2-15H2,1H3,(H,21,26)(H,24,25). The molecule has 2 aliphatic carbocycles. The fourth-order valence-electron chi connectivity index (χ4n) is 5.56. The maximum absolute atomic E-state index is 12.8. The van der Waals surface area contributed by atoms with E-state index < -0.39 is 5.97 Å². The number of nitrogens with one attached hydrogen (secondary N) is 1. The highest BCUT2D eigenvalue weighted by molar-refractivity contribution is 5.74. The first kappa shape index (κ1) is 19.5. The molecule has 0 aromatic heterocycles. The van der Waals surface area contributed by atoms with Crippen molar-refractivity contribution in [2.24, 2.45) is 5.41 Å². The van der Waals surface area contributed by atoms with Crippen molar-refractivity contribution in [1.29, 1.82) is 0 Å². The van der Waals surface area contributed by atoms with E-state index in [1.807, 2.05) is 16.7 Å². The maximum Gasteiger partial charge on any atom is 0.317 e. The lowest BCUT2D eigenvalue weighted by molar-refractivity contribution is -0.139. The highest BCUT2D eigenvalue weighted by Crippen LogP contribution is 2.49. The molecule has 148 valence electrons. The van der Waals surface area contributed by atoms with Crippen molar-refractivity contribution < 1.29 is 14.7 Å². The van der Waals surface area contributed by atoms with E-state index in [1.165, 1.54) is 44.9 Å². The van der Waals surface area contributed by atoms with Crippen molar-refractivity contribution in [3.05, 3.63) is 0 Å². The Kier molecular flexibility index (Phi) is 6.43. The van der Waals surface area contributed by atoms with Gasteiger partial charge in [-0.3, -0.25) is 9.69 Å². The third-order valence-electron chi connectivity index (χ3n) is 7.07. The van der Waals surface area contributed by atoms with Crippen LogP contribution in [0.2, 0.25) is 0 Å². The number of likely N-dealkylation sites (N-methyl/N-ethyl adjacent to an activating group) is 1. The van der Waals surface area contributed by atoms with Crippen LogP contribution in [-0.4, -0.2) is 65.2 Å². The van der Waals surface area contributed by atoms with E-state index >= 15 is 0 Å². The molecule has 2 N–H and O–H groups in total. The van der Waals surface area contributed by atoms with E-state index in [9.17, 15) is 9.59 Å². The molecule has 1 unspecified atom stereocenters. The number of likely N-dealkylation sites (tertiary alicyclic amines) is 1. The molecule has 0 radical (unpaired) electrons. The van der Waals surface area contributed by atoms with Crippen LogP contribution in [0.4, 0.5) is 4.79 Å². The monoisotopic (exact) mass is 365 g/mol. The van der Waals surface area contributed by atoms with Crippen LogP contribution in [0.1, 0.15) is 71.1 Å². The molecule has 0 bridgehead atoms. The predicted octanol–water partition coefficient (Wildman–Crippen LogP) is 3.07. The van der Waals surface area contributed by atoms with Gasteiger partial charge in [0.15, 0.2) is 0 Å². The summed E-state index contributed by atoms with van der Waals surface area (Å²) >= 11 is 0. The lowest BCUT2D eigenvalue weighted by atomic mass is 9.69. The quantitative estimate of drug-likeness (QED) is 0.785. The zero-order valence-electron chi connectivity index (χ0n) is 16.2. The van der Waals surface area contributed by atoms with Crippen LogP contribution in [0.5, 0.6) is 0 Å². The summed E-state index contributed by atoms with van der Waals surface area (Å²) in [6.07, 6.45) is 11.9. The first-order valence-electron chi connectivity index (χ1n) is 10.6. The minimum absolute atomic E-state index is 0.0952. The number of carbonyl (C=O) groups is 2. The molecule has 2 amide bonds. The van der Waals surface area contributed by atoms with E-state index in [4.69, 9.17) is 5.11 Å². The second-order valence-corrected chi connectivity index (χ2v) is 8.49. The molecular formula is C20H35N3O3. The van der Waals surface area contributed by atoms with E-state index in [2.05, 4.69) is 5.32 Å². The number of carboxylic acid groups (broad SMARTS) is 1. The smallest absolute Gasteiger partial charge is 0.317 e. The molecule has 2 saturated carbocycles. The molecule has 1 atom stereocenters. The maximum atomic E-state index is 12.8. The summed E-state index contributed by atoms with van der Waals surface area (Å²) in [4.78, 5) is 27.8. The Balaban J connectivity index is 1.51. The number of carbonyl (C=O) groups excluding carboxylic acids is 1. The van der Waals surface area contributed by atoms with Crippen LogP contribution in [0.25, 0.3) is 0 Å². The third kappa shape index (κ3) is 4.33. The van der Waals surface area contributed by atoms with Gasteiger partial charge < -0.3 is 15.3 Å². The Morgan fingerprint density at radius 3 is 2.27 bits per heavy atom. The van der Waals surface area contributed by atoms with Crippen LogP contribution >= 0.6 is 0 Å². The molecule has 0 aromatic rings. The number of carboxylic acids is 1. The minimum Gasteiger partial charge on any atom is -0.480 e. The molecule has 3 rings (SSSR count). The predicted molar refractivity (Wildman–Crippen MR) is 101 cm³/mol. The molecule has 3 fully saturated rings. The van der Waals surface area contributed by atoms with Crippen LogP contribution in [-0.2, 0) is 4.79 Å². The fourth-order valence-corrected chi connectivity index (χ4v) is 5.56. The SMILES string of the molecule is CCN(CC(=O)O)C1CCN(C(=O)NC2CCCCC23CCCC3)CC1. The van der Waals surface area contributed by atoms with Crippen molar-refractivity contribution in [1.82, 2.24) is 15.1 Å². The summed E-state index contributed by atoms with van der Waals surface area (Å²) in [7, 11) is 0. The van der Waals surface area contributed by atoms with Crippen LogP contribution in [0.15, 0.2) is 0 Å². The van der Waals surface area contributed by atoms with Crippen LogP contribution in [0.3, 0.4) is 0 Å². The van der Waals surface area contributed by atoms with Gasteiger partial charge in [-0.25, -0.2) is 4.79 Å². The van der Waals surface area contributed by atoms with E-state index in [-0.39, 0.29) is 18.6 Å². The van der Waals surface area contributed by atoms with Gasteiger partial charge in [0, 0.05) is 25.2 Å². The van der Waals surface area contributed by atoms with Gasteiger partial charge in [0.25, 0.3) is 0 Å². The molecule has 1 saturated heterocycles. The Morgan fingerprint density at radius 2 is 1.69 bits per heavy atom. The van der Waals surface area contributed by atoms with Crippen molar-refractivity contribution in [2.75, 3.05) is 26.2 Å². The number of hydrogen-bond acceptors (Lipinski definition) is 3.